The Hall–Kier alpha value is -1.58. The van der Waals surface area contributed by atoms with Gasteiger partial charge in [0.05, 0.1) is 11.9 Å². The second-order valence-electron chi connectivity index (χ2n) is 6.43. The van der Waals surface area contributed by atoms with Crippen molar-refractivity contribution in [3.63, 3.8) is 0 Å². The molecule has 0 spiro atoms. The Labute approximate surface area is 120 Å². The first-order valence-electron chi connectivity index (χ1n) is 6.98. The third kappa shape index (κ3) is 2.65. The van der Waals surface area contributed by atoms with Crippen LogP contribution in [0.4, 0.5) is 0 Å². The standard InChI is InChI=1S/C16H24O4/c1-11(2)9-15(13(17)18)7-5-6-8-16(15,14(19)20)10-12(3)4/h5-8,11-12H,9-10H2,1-4H3,(H,17,18)(H,19,20)/p-2. The SMILES string of the molecule is CC(C)CC1(C(=O)[O-])C=CC=CC1(CC(C)C)C(=O)[O-]. The van der Waals surface area contributed by atoms with Gasteiger partial charge in [-0.25, -0.2) is 0 Å². The van der Waals surface area contributed by atoms with Crippen LogP contribution < -0.4 is 10.2 Å². The molecule has 4 heteroatoms. The highest BCUT2D eigenvalue weighted by Gasteiger charge is 2.51. The van der Waals surface area contributed by atoms with Crippen LogP contribution >= 0.6 is 0 Å². The summed E-state index contributed by atoms with van der Waals surface area (Å²) in [5.41, 5.74) is -3.11. The van der Waals surface area contributed by atoms with E-state index in [1.807, 2.05) is 27.7 Å². The third-order valence-electron chi connectivity index (χ3n) is 3.86. The van der Waals surface area contributed by atoms with E-state index >= 15 is 0 Å². The van der Waals surface area contributed by atoms with Crippen LogP contribution in [0.15, 0.2) is 24.3 Å². The summed E-state index contributed by atoms with van der Waals surface area (Å²) in [5, 5.41) is 23.7. The Kier molecular flexibility index (Phi) is 4.79. The minimum Gasteiger partial charge on any atom is -0.549 e. The summed E-state index contributed by atoms with van der Waals surface area (Å²) in [7, 11) is 0. The summed E-state index contributed by atoms with van der Waals surface area (Å²) in [6.07, 6.45) is 6.49. The zero-order valence-electron chi connectivity index (χ0n) is 12.5. The molecule has 4 nitrogen and oxygen atoms in total. The number of carbonyl (C=O) groups excluding carboxylic acids is 2. The normalized spacial score (nSPS) is 29.1. The first-order valence-corrected chi connectivity index (χ1v) is 6.98. The lowest BCUT2D eigenvalue weighted by Gasteiger charge is -2.52. The van der Waals surface area contributed by atoms with Crippen LogP contribution in [0.5, 0.6) is 0 Å². The molecule has 1 aliphatic rings. The van der Waals surface area contributed by atoms with Gasteiger partial charge in [-0.2, -0.15) is 0 Å². The third-order valence-corrected chi connectivity index (χ3v) is 3.86. The molecule has 112 valence electrons. The van der Waals surface area contributed by atoms with Crippen molar-refractivity contribution in [2.45, 2.75) is 40.5 Å². The largest absolute Gasteiger partial charge is 0.549 e. The van der Waals surface area contributed by atoms with E-state index < -0.39 is 22.8 Å². The van der Waals surface area contributed by atoms with E-state index in [4.69, 9.17) is 0 Å². The van der Waals surface area contributed by atoms with Gasteiger partial charge in [0.15, 0.2) is 0 Å². The molecule has 0 radical (unpaired) electrons. The van der Waals surface area contributed by atoms with Crippen LogP contribution in [0.3, 0.4) is 0 Å². The van der Waals surface area contributed by atoms with Gasteiger partial charge in [0, 0.05) is 10.8 Å². The predicted molar refractivity (Wildman–Crippen MR) is 72.1 cm³/mol. The van der Waals surface area contributed by atoms with E-state index in [0.29, 0.717) is 0 Å². The lowest BCUT2D eigenvalue weighted by atomic mass is 9.55. The summed E-state index contributed by atoms with van der Waals surface area (Å²) in [4.78, 5) is 23.7. The van der Waals surface area contributed by atoms with Crippen molar-refractivity contribution in [1.82, 2.24) is 0 Å². The van der Waals surface area contributed by atoms with Gasteiger partial charge in [-0.3, -0.25) is 0 Å². The van der Waals surface area contributed by atoms with Crippen LogP contribution in [0.1, 0.15) is 40.5 Å². The monoisotopic (exact) mass is 278 g/mol. The summed E-state index contributed by atoms with van der Waals surface area (Å²) in [5.74, 6) is -2.65. The van der Waals surface area contributed by atoms with Crippen LogP contribution in [0, 0.1) is 22.7 Å². The summed E-state index contributed by atoms with van der Waals surface area (Å²) >= 11 is 0. The topological polar surface area (TPSA) is 80.3 Å². The average Bonchev–Trinajstić information content (AvgIpc) is 2.29. The number of carboxylic acid groups (broad SMARTS) is 2. The number of carboxylic acids is 2. The van der Waals surface area contributed by atoms with E-state index in [0.717, 1.165) is 0 Å². The lowest BCUT2D eigenvalue weighted by molar-refractivity contribution is -0.340. The van der Waals surface area contributed by atoms with Crippen molar-refractivity contribution in [3.05, 3.63) is 24.3 Å². The fraction of sp³-hybridized carbons (Fsp3) is 0.625. The van der Waals surface area contributed by atoms with Gasteiger partial charge in [-0.05, 0) is 24.7 Å². The number of aliphatic carboxylic acids is 2. The van der Waals surface area contributed by atoms with Gasteiger partial charge in [0.2, 0.25) is 0 Å². The van der Waals surface area contributed by atoms with E-state index in [1.165, 1.54) is 12.2 Å². The average molecular weight is 278 g/mol. The maximum absolute atomic E-state index is 11.8. The van der Waals surface area contributed by atoms with Crippen molar-refractivity contribution in [1.29, 1.82) is 0 Å². The molecule has 0 heterocycles. The Balaban J connectivity index is 3.49. The van der Waals surface area contributed by atoms with Crippen LogP contribution in [-0.4, -0.2) is 11.9 Å². The van der Waals surface area contributed by atoms with Crippen LogP contribution in [-0.2, 0) is 9.59 Å². The first kappa shape index (κ1) is 16.5. The minimum atomic E-state index is -1.56. The van der Waals surface area contributed by atoms with E-state index in [9.17, 15) is 19.8 Å². The molecule has 0 saturated heterocycles. The minimum absolute atomic E-state index is 0.0231. The smallest absolute Gasteiger partial charge is 0.0526 e. The van der Waals surface area contributed by atoms with Gasteiger partial charge >= 0.3 is 0 Å². The Morgan fingerprint density at radius 1 is 0.850 bits per heavy atom. The van der Waals surface area contributed by atoms with Crippen molar-refractivity contribution < 1.29 is 19.8 Å². The highest BCUT2D eigenvalue weighted by Crippen LogP contribution is 2.51. The molecule has 0 saturated carbocycles. The second-order valence-corrected chi connectivity index (χ2v) is 6.43. The van der Waals surface area contributed by atoms with Crippen molar-refractivity contribution in [2.24, 2.45) is 22.7 Å². The molecular formula is C16H22O4-2. The number of hydrogen-bond donors (Lipinski definition) is 0. The van der Waals surface area contributed by atoms with Gasteiger partial charge in [0.1, 0.15) is 0 Å². The molecule has 0 aliphatic heterocycles. The lowest BCUT2D eigenvalue weighted by Crippen LogP contribution is -2.60. The Morgan fingerprint density at radius 2 is 1.15 bits per heavy atom. The van der Waals surface area contributed by atoms with E-state index in [-0.39, 0.29) is 24.7 Å². The van der Waals surface area contributed by atoms with Gasteiger partial charge in [-0.15, -0.1) is 0 Å². The summed E-state index contributed by atoms with van der Waals surface area (Å²) in [6.45, 7) is 7.47. The van der Waals surface area contributed by atoms with Gasteiger partial charge in [0.25, 0.3) is 0 Å². The van der Waals surface area contributed by atoms with Crippen molar-refractivity contribution >= 4 is 11.9 Å². The van der Waals surface area contributed by atoms with Crippen LogP contribution in [0.2, 0.25) is 0 Å². The molecule has 2 unspecified atom stereocenters. The molecule has 0 aromatic carbocycles. The molecule has 1 aliphatic carbocycles. The second kappa shape index (κ2) is 5.81. The van der Waals surface area contributed by atoms with Crippen molar-refractivity contribution in [3.8, 4) is 0 Å². The molecule has 0 aromatic heterocycles. The maximum atomic E-state index is 11.8. The van der Waals surface area contributed by atoms with Crippen LogP contribution in [0.25, 0.3) is 0 Å². The molecule has 0 aromatic rings. The van der Waals surface area contributed by atoms with E-state index in [1.54, 1.807) is 12.2 Å². The molecule has 0 N–H and O–H groups in total. The fourth-order valence-electron chi connectivity index (χ4n) is 3.19. The molecule has 1 rings (SSSR count). The maximum Gasteiger partial charge on any atom is 0.0526 e. The summed E-state index contributed by atoms with van der Waals surface area (Å²) in [6, 6.07) is 0. The number of allylic oxidation sites excluding steroid dienone is 2. The molecule has 0 fully saturated rings. The zero-order valence-corrected chi connectivity index (χ0v) is 12.5. The number of rotatable bonds is 6. The first-order chi connectivity index (χ1) is 9.18. The number of carbonyl (C=O) groups is 2. The molecule has 0 bridgehead atoms. The predicted octanol–water partition coefficient (Wildman–Crippen LogP) is 0.677. The Morgan fingerprint density at radius 3 is 1.35 bits per heavy atom. The number of hydrogen-bond acceptors (Lipinski definition) is 4. The molecule has 0 amide bonds. The Bertz CT molecular complexity index is 405. The van der Waals surface area contributed by atoms with Gasteiger partial charge < -0.3 is 19.8 Å². The summed E-state index contributed by atoms with van der Waals surface area (Å²) < 4.78 is 0. The zero-order chi connectivity index (χ0) is 15.6. The fourth-order valence-corrected chi connectivity index (χ4v) is 3.19. The van der Waals surface area contributed by atoms with Gasteiger partial charge in [-0.1, -0.05) is 52.0 Å². The van der Waals surface area contributed by atoms with Crippen molar-refractivity contribution in [2.75, 3.05) is 0 Å². The molecular weight excluding hydrogens is 256 g/mol. The quantitative estimate of drug-likeness (QED) is 0.715. The highest BCUT2D eigenvalue weighted by atomic mass is 16.4. The van der Waals surface area contributed by atoms with E-state index in [2.05, 4.69) is 0 Å². The molecule has 20 heavy (non-hydrogen) atoms. The highest BCUT2D eigenvalue weighted by molar-refractivity contribution is 5.89. The molecule has 2 atom stereocenters.